The maximum absolute atomic E-state index is 11.7. The lowest BCUT2D eigenvalue weighted by Gasteiger charge is -2.21. The number of halogens is 2. The fraction of sp³-hybridized carbons (Fsp3) is 0.944. The number of hydrogen-bond donors (Lipinski definition) is 0. The first kappa shape index (κ1) is 22.4. The Morgan fingerprint density at radius 2 is 1.27 bits per heavy atom. The van der Waals surface area contributed by atoms with Gasteiger partial charge in [-0.15, -0.1) is 0 Å². The molecule has 132 valence electrons. The van der Waals surface area contributed by atoms with E-state index in [1.807, 2.05) is 0 Å². The quantitative estimate of drug-likeness (QED) is 0.159. The lowest BCUT2D eigenvalue weighted by molar-refractivity contribution is -0.142. The van der Waals surface area contributed by atoms with Gasteiger partial charge in [0.15, 0.2) is 0 Å². The van der Waals surface area contributed by atoms with E-state index in [0.29, 0.717) is 5.33 Å². The van der Waals surface area contributed by atoms with Gasteiger partial charge in [-0.2, -0.15) is 0 Å². The highest BCUT2D eigenvalue weighted by Gasteiger charge is 2.34. The van der Waals surface area contributed by atoms with Gasteiger partial charge in [0.05, 0.1) is 7.11 Å². The molecular weight excluding hydrogens is 408 g/mol. The molecule has 1 atom stereocenters. The largest absolute Gasteiger partial charge is 0.468 e. The molecule has 0 aliphatic rings. The molecule has 0 unspecified atom stereocenters. The van der Waals surface area contributed by atoms with E-state index in [4.69, 9.17) is 4.74 Å². The van der Waals surface area contributed by atoms with Crippen molar-refractivity contribution in [3.8, 4) is 0 Å². The summed E-state index contributed by atoms with van der Waals surface area (Å²) in [6, 6.07) is 0. The molecule has 0 bridgehead atoms. The summed E-state index contributed by atoms with van der Waals surface area (Å²) in [5, 5.41) is 0.602. The fourth-order valence-electron chi connectivity index (χ4n) is 2.65. The predicted octanol–water partition coefficient (Wildman–Crippen LogP) is 6.78. The predicted molar refractivity (Wildman–Crippen MR) is 103 cm³/mol. The Bertz CT molecular complexity index is 272. The van der Waals surface area contributed by atoms with E-state index in [-0.39, 0.29) is 5.97 Å². The third-order valence-electron chi connectivity index (χ3n) is 4.19. The van der Waals surface area contributed by atoms with Crippen molar-refractivity contribution in [1.82, 2.24) is 0 Å². The first-order valence-corrected chi connectivity index (χ1v) is 10.9. The molecule has 4 heteroatoms. The Morgan fingerprint density at radius 3 is 1.64 bits per heavy atom. The highest BCUT2D eigenvalue weighted by atomic mass is 79.9. The summed E-state index contributed by atoms with van der Waals surface area (Å²) in [4.78, 5) is 11.7. The molecule has 22 heavy (non-hydrogen) atoms. The van der Waals surface area contributed by atoms with Crippen molar-refractivity contribution in [2.45, 2.75) is 94.7 Å². The Hall–Kier alpha value is 0.430. The van der Waals surface area contributed by atoms with Crippen molar-refractivity contribution < 1.29 is 9.53 Å². The van der Waals surface area contributed by atoms with Gasteiger partial charge < -0.3 is 4.74 Å². The van der Waals surface area contributed by atoms with Gasteiger partial charge in [-0.1, -0.05) is 116 Å². The van der Waals surface area contributed by atoms with Crippen molar-refractivity contribution in [3.05, 3.63) is 0 Å². The van der Waals surface area contributed by atoms with Crippen LogP contribution in [0.15, 0.2) is 0 Å². The molecule has 0 aliphatic carbocycles. The molecule has 0 aromatic rings. The number of hydrogen-bond acceptors (Lipinski definition) is 2. The van der Waals surface area contributed by atoms with Gasteiger partial charge in [0.1, 0.15) is 4.32 Å². The molecule has 0 radical (unpaired) electrons. The number of esters is 1. The lowest BCUT2D eigenvalue weighted by Crippen LogP contribution is -2.34. The molecule has 2 nitrogen and oxygen atoms in total. The van der Waals surface area contributed by atoms with Crippen LogP contribution in [0.5, 0.6) is 0 Å². The lowest BCUT2D eigenvalue weighted by atomic mass is 10.0. The molecule has 0 aromatic heterocycles. The average Bonchev–Trinajstić information content (AvgIpc) is 2.54. The van der Waals surface area contributed by atoms with Crippen LogP contribution in [0.25, 0.3) is 0 Å². The molecule has 0 rings (SSSR count). The van der Waals surface area contributed by atoms with Crippen molar-refractivity contribution in [2.24, 2.45) is 0 Å². The Morgan fingerprint density at radius 1 is 0.864 bits per heavy atom. The minimum Gasteiger partial charge on any atom is -0.468 e. The number of unbranched alkanes of at least 4 members (excludes halogenated alkanes) is 11. The third kappa shape index (κ3) is 11.0. The number of ether oxygens (including phenoxy) is 1. The van der Waals surface area contributed by atoms with Crippen molar-refractivity contribution >= 4 is 37.8 Å². The second-order valence-electron chi connectivity index (χ2n) is 6.23. The topological polar surface area (TPSA) is 26.3 Å². The zero-order chi connectivity index (χ0) is 16.7. The summed E-state index contributed by atoms with van der Waals surface area (Å²) in [6.45, 7) is 2.27. The highest BCUT2D eigenvalue weighted by molar-refractivity contribution is 9.12. The van der Waals surface area contributed by atoms with Gasteiger partial charge in [0.2, 0.25) is 0 Å². The summed E-state index contributed by atoms with van der Waals surface area (Å²) in [5.41, 5.74) is 0. The van der Waals surface area contributed by atoms with Gasteiger partial charge in [-0.05, 0) is 6.42 Å². The van der Waals surface area contributed by atoms with Crippen LogP contribution in [0.2, 0.25) is 0 Å². The van der Waals surface area contributed by atoms with Crippen LogP contribution in [-0.4, -0.2) is 22.7 Å². The van der Waals surface area contributed by atoms with Crippen molar-refractivity contribution in [1.29, 1.82) is 0 Å². The summed E-state index contributed by atoms with van der Waals surface area (Å²) in [7, 11) is 1.45. The second-order valence-corrected chi connectivity index (χ2v) is 8.31. The fourth-order valence-corrected chi connectivity index (χ4v) is 3.60. The van der Waals surface area contributed by atoms with Crippen LogP contribution in [0, 0.1) is 0 Å². The molecule has 0 saturated carbocycles. The van der Waals surface area contributed by atoms with Gasteiger partial charge in [-0.3, -0.25) is 4.79 Å². The summed E-state index contributed by atoms with van der Waals surface area (Å²) < 4.78 is 4.31. The van der Waals surface area contributed by atoms with E-state index >= 15 is 0 Å². The van der Waals surface area contributed by atoms with Crippen LogP contribution in [0.3, 0.4) is 0 Å². The molecule has 0 aliphatic heterocycles. The third-order valence-corrected chi connectivity index (χ3v) is 6.90. The summed E-state index contributed by atoms with van der Waals surface area (Å²) in [5.74, 6) is -0.174. The van der Waals surface area contributed by atoms with Crippen molar-refractivity contribution in [3.63, 3.8) is 0 Å². The van der Waals surface area contributed by atoms with E-state index in [2.05, 4.69) is 38.8 Å². The molecular formula is C18H34Br2O2. The minimum atomic E-state index is -0.541. The number of carbonyl (C=O) groups excluding carboxylic acids is 1. The van der Waals surface area contributed by atoms with Crippen LogP contribution in [0.1, 0.15) is 90.4 Å². The van der Waals surface area contributed by atoms with E-state index in [9.17, 15) is 4.79 Å². The van der Waals surface area contributed by atoms with Gasteiger partial charge >= 0.3 is 5.97 Å². The van der Waals surface area contributed by atoms with E-state index < -0.39 is 4.32 Å². The Labute approximate surface area is 154 Å². The van der Waals surface area contributed by atoms with Crippen LogP contribution < -0.4 is 0 Å². The standard InChI is InChI=1S/C18H34Br2O2/c1-3-4-5-6-7-8-9-10-11-12-13-14-15-18(20,16-19)17(21)22-2/h3-16H2,1-2H3/t18-/m0/s1. The number of methoxy groups -OCH3 is 1. The summed E-state index contributed by atoms with van der Waals surface area (Å²) in [6.07, 6.45) is 16.9. The molecule has 0 N–H and O–H groups in total. The van der Waals surface area contributed by atoms with Crippen LogP contribution >= 0.6 is 31.9 Å². The Balaban J connectivity index is 3.41. The molecule has 0 aromatic carbocycles. The SMILES string of the molecule is CCCCCCCCCCCCCC[C@](Br)(CBr)C(=O)OC. The maximum Gasteiger partial charge on any atom is 0.323 e. The molecule has 0 saturated heterocycles. The molecule has 0 amide bonds. The van der Waals surface area contributed by atoms with E-state index in [0.717, 1.165) is 12.8 Å². The highest BCUT2D eigenvalue weighted by Crippen LogP contribution is 2.29. The van der Waals surface area contributed by atoms with Crippen LogP contribution in [-0.2, 0) is 9.53 Å². The molecule has 0 heterocycles. The number of rotatable bonds is 15. The zero-order valence-corrected chi connectivity index (χ0v) is 17.6. The monoisotopic (exact) mass is 440 g/mol. The van der Waals surface area contributed by atoms with E-state index in [1.54, 1.807) is 0 Å². The number of carbonyl (C=O) groups is 1. The zero-order valence-electron chi connectivity index (χ0n) is 14.5. The van der Waals surface area contributed by atoms with Crippen molar-refractivity contribution in [2.75, 3.05) is 12.4 Å². The van der Waals surface area contributed by atoms with Gasteiger partial charge in [0.25, 0.3) is 0 Å². The average molecular weight is 442 g/mol. The number of alkyl halides is 2. The van der Waals surface area contributed by atoms with Crippen LogP contribution in [0.4, 0.5) is 0 Å². The second kappa shape index (κ2) is 15.0. The maximum atomic E-state index is 11.7. The van der Waals surface area contributed by atoms with Gasteiger partial charge in [0, 0.05) is 5.33 Å². The summed E-state index contributed by atoms with van der Waals surface area (Å²) >= 11 is 6.92. The Kier molecular flexibility index (Phi) is 15.3. The minimum absolute atomic E-state index is 0.174. The first-order valence-electron chi connectivity index (χ1n) is 8.94. The first-order chi connectivity index (χ1) is 10.6. The van der Waals surface area contributed by atoms with E-state index in [1.165, 1.54) is 77.7 Å². The normalized spacial score (nSPS) is 13.8. The van der Waals surface area contributed by atoms with Gasteiger partial charge in [-0.25, -0.2) is 0 Å². The molecule has 0 fully saturated rings. The smallest absolute Gasteiger partial charge is 0.323 e. The molecule has 0 spiro atoms.